The molecule has 0 saturated heterocycles. The van der Waals surface area contributed by atoms with Crippen LogP contribution in [0.5, 0.6) is 0 Å². The fourth-order valence-electron chi connectivity index (χ4n) is 0.291. The first-order valence-electron chi connectivity index (χ1n) is 1.78. The van der Waals surface area contributed by atoms with Crippen molar-refractivity contribution in [3.05, 3.63) is 17.0 Å². The Balaban J connectivity index is 3.12. The van der Waals surface area contributed by atoms with Crippen molar-refractivity contribution in [2.24, 2.45) is 0 Å². The number of nitrogen functional groups attached to an aromatic ring is 1. The lowest BCUT2D eigenvalue weighted by Crippen LogP contribution is -1.77. The van der Waals surface area contributed by atoms with Gasteiger partial charge in [-0.25, -0.2) is 0 Å². The van der Waals surface area contributed by atoms with E-state index in [1.807, 2.05) is 0 Å². The Kier molecular flexibility index (Phi) is 1.06. The van der Waals surface area contributed by atoms with Gasteiger partial charge in [-0.3, -0.25) is 0 Å². The first kappa shape index (κ1) is 4.71. The van der Waals surface area contributed by atoms with E-state index >= 15 is 0 Å². The fourth-order valence-corrected chi connectivity index (χ4v) is 0.493. The largest absolute Gasteiger partial charge is 0.469 e. The molecule has 0 bridgehead atoms. The van der Waals surface area contributed by atoms with Crippen molar-refractivity contribution < 1.29 is 4.42 Å². The molecule has 0 aromatic carbocycles. The van der Waals surface area contributed by atoms with E-state index in [0.29, 0.717) is 5.69 Å². The highest BCUT2D eigenvalue weighted by molar-refractivity contribution is 9.10. The van der Waals surface area contributed by atoms with Crippen LogP contribution in [-0.2, 0) is 0 Å². The monoisotopic (exact) mass is 161 g/mol. The maximum atomic E-state index is 5.30. The van der Waals surface area contributed by atoms with Crippen molar-refractivity contribution in [1.82, 2.24) is 0 Å². The van der Waals surface area contributed by atoms with E-state index in [9.17, 15) is 0 Å². The standard InChI is InChI=1S/C4H4BrNO/c5-3-1-7-2-4(3)6/h1-2H,6H2. The van der Waals surface area contributed by atoms with Crippen LogP contribution < -0.4 is 5.73 Å². The molecular weight excluding hydrogens is 158 g/mol. The summed E-state index contributed by atoms with van der Waals surface area (Å²) in [6.45, 7) is 0. The number of hydrogen-bond donors (Lipinski definition) is 1. The third kappa shape index (κ3) is 0.771. The summed E-state index contributed by atoms with van der Waals surface area (Å²) >= 11 is 3.15. The number of halogens is 1. The van der Waals surface area contributed by atoms with Gasteiger partial charge in [0.15, 0.2) is 0 Å². The predicted octanol–water partition coefficient (Wildman–Crippen LogP) is 1.62. The lowest BCUT2D eigenvalue weighted by molar-refractivity contribution is 0.567. The molecule has 38 valence electrons. The van der Waals surface area contributed by atoms with Crippen LogP contribution in [0.2, 0.25) is 0 Å². The van der Waals surface area contributed by atoms with Crippen molar-refractivity contribution in [2.45, 2.75) is 0 Å². The van der Waals surface area contributed by atoms with Gasteiger partial charge in [0.1, 0.15) is 12.5 Å². The number of nitrogens with two attached hydrogens (primary N) is 1. The number of hydrogen-bond acceptors (Lipinski definition) is 2. The zero-order valence-corrected chi connectivity index (χ0v) is 5.10. The van der Waals surface area contributed by atoms with Gasteiger partial charge in [-0.2, -0.15) is 0 Å². The van der Waals surface area contributed by atoms with Gasteiger partial charge in [0.25, 0.3) is 0 Å². The summed E-state index contributed by atoms with van der Waals surface area (Å²) in [5.74, 6) is 0. The van der Waals surface area contributed by atoms with Gasteiger partial charge in [0, 0.05) is 0 Å². The second-order valence-corrected chi connectivity index (χ2v) is 2.03. The first-order valence-corrected chi connectivity index (χ1v) is 2.57. The van der Waals surface area contributed by atoms with Crippen LogP contribution in [0.1, 0.15) is 0 Å². The zero-order chi connectivity index (χ0) is 5.28. The van der Waals surface area contributed by atoms with E-state index in [1.54, 1.807) is 0 Å². The third-order valence-corrected chi connectivity index (χ3v) is 1.29. The van der Waals surface area contributed by atoms with Gasteiger partial charge in [-0.15, -0.1) is 0 Å². The molecule has 0 amide bonds. The maximum absolute atomic E-state index is 5.30. The van der Waals surface area contributed by atoms with E-state index in [4.69, 9.17) is 5.73 Å². The molecule has 1 aromatic rings. The quantitative estimate of drug-likeness (QED) is 0.629. The van der Waals surface area contributed by atoms with E-state index < -0.39 is 0 Å². The summed E-state index contributed by atoms with van der Waals surface area (Å²) in [5, 5.41) is 0. The van der Waals surface area contributed by atoms with Crippen LogP contribution in [0.4, 0.5) is 5.69 Å². The summed E-state index contributed by atoms with van der Waals surface area (Å²) in [6, 6.07) is 0. The lowest BCUT2D eigenvalue weighted by atomic mass is 10.6. The Morgan fingerprint density at radius 3 is 2.43 bits per heavy atom. The van der Waals surface area contributed by atoms with E-state index in [-0.39, 0.29) is 0 Å². The van der Waals surface area contributed by atoms with E-state index in [2.05, 4.69) is 20.3 Å². The molecule has 0 atom stereocenters. The highest BCUT2D eigenvalue weighted by Crippen LogP contribution is 2.18. The smallest absolute Gasteiger partial charge is 0.114 e. The van der Waals surface area contributed by atoms with Crippen molar-refractivity contribution in [3.63, 3.8) is 0 Å². The minimum atomic E-state index is 0.639. The number of anilines is 1. The Morgan fingerprint density at radius 2 is 2.29 bits per heavy atom. The Bertz CT molecular complexity index is 144. The van der Waals surface area contributed by atoms with Gasteiger partial charge in [-0.1, -0.05) is 0 Å². The molecule has 0 saturated carbocycles. The minimum Gasteiger partial charge on any atom is -0.469 e. The van der Waals surface area contributed by atoms with Crippen LogP contribution in [0.3, 0.4) is 0 Å². The van der Waals surface area contributed by atoms with E-state index in [1.165, 1.54) is 12.5 Å². The molecule has 7 heavy (non-hydrogen) atoms. The first-order chi connectivity index (χ1) is 3.30. The summed E-state index contributed by atoms with van der Waals surface area (Å²) in [4.78, 5) is 0. The predicted molar refractivity (Wildman–Crippen MR) is 30.8 cm³/mol. The summed E-state index contributed by atoms with van der Waals surface area (Å²) < 4.78 is 5.49. The highest BCUT2D eigenvalue weighted by Gasteiger charge is 1.91. The molecule has 1 rings (SSSR count). The molecule has 1 heterocycles. The SMILES string of the molecule is Nc1cocc1Br. The van der Waals surface area contributed by atoms with Crippen molar-refractivity contribution >= 4 is 21.6 Å². The van der Waals surface area contributed by atoms with Crippen molar-refractivity contribution in [1.29, 1.82) is 0 Å². The van der Waals surface area contributed by atoms with Gasteiger partial charge in [0.2, 0.25) is 0 Å². The normalized spacial score (nSPS) is 9.29. The van der Waals surface area contributed by atoms with Crippen LogP contribution in [0, 0.1) is 0 Å². The molecule has 0 unspecified atom stereocenters. The fraction of sp³-hybridized carbons (Fsp3) is 0. The molecule has 0 spiro atoms. The molecule has 2 N–H and O–H groups in total. The second-order valence-electron chi connectivity index (χ2n) is 1.18. The van der Waals surface area contributed by atoms with Crippen LogP contribution in [-0.4, -0.2) is 0 Å². The molecular formula is C4H4BrNO. The Hall–Kier alpha value is -0.440. The average molecular weight is 162 g/mol. The zero-order valence-electron chi connectivity index (χ0n) is 3.52. The second kappa shape index (κ2) is 1.58. The van der Waals surface area contributed by atoms with Crippen LogP contribution >= 0.6 is 15.9 Å². The van der Waals surface area contributed by atoms with Crippen molar-refractivity contribution in [2.75, 3.05) is 5.73 Å². The number of rotatable bonds is 0. The molecule has 3 heteroatoms. The Labute approximate surface area is 49.4 Å². The highest BCUT2D eigenvalue weighted by atomic mass is 79.9. The summed E-state index contributed by atoms with van der Waals surface area (Å²) in [7, 11) is 0. The average Bonchev–Trinajstić information content (AvgIpc) is 1.91. The molecule has 2 nitrogen and oxygen atoms in total. The molecule has 0 aliphatic heterocycles. The molecule has 0 fully saturated rings. The molecule has 1 aromatic heterocycles. The third-order valence-electron chi connectivity index (χ3n) is 0.642. The van der Waals surface area contributed by atoms with Gasteiger partial charge < -0.3 is 10.2 Å². The van der Waals surface area contributed by atoms with Gasteiger partial charge >= 0.3 is 0 Å². The molecule has 0 radical (unpaired) electrons. The molecule has 0 aliphatic rings. The van der Waals surface area contributed by atoms with Gasteiger partial charge in [0.05, 0.1) is 10.2 Å². The maximum Gasteiger partial charge on any atom is 0.114 e. The van der Waals surface area contributed by atoms with Crippen LogP contribution in [0.15, 0.2) is 21.4 Å². The van der Waals surface area contributed by atoms with E-state index in [0.717, 1.165) is 4.47 Å². The van der Waals surface area contributed by atoms with Crippen molar-refractivity contribution in [3.8, 4) is 0 Å². The summed E-state index contributed by atoms with van der Waals surface area (Å²) in [6.07, 6.45) is 3.01. The number of furan rings is 1. The van der Waals surface area contributed by atoms with Crippen LogP contribution in [0.25, 0.3) is 0 Å². The summed E-state index contributed by atoms with van der Waals surface area (Å²) in [5.41, 5.74) is 5.94. The minimum absolute atomic E-state index is 0.639. The Morgan fingerprint density at radius 1 is 1.57 bits per heavy atom. The molecule has 0 aliphatic carbocycles. The lowest BCUT2D eigenvalue weighted by Gasteiger charge is -1.75. The topological polar surface area (TPSA) is 39.2 Å². The van der Waals surface area contributed by atoms with Gasteiger partial charge in [-0.05, 0) is 15.9 Å².